The molecule has 4 nitrogen and oxygen atoms in total. The van der Waals surface area contributed by atoms with Crippen LogP contribution in [-0.2, 0) is 0 Å². The van der Waals surface area contributed by atoms with Gasteiger partial charge in [0, 0.05) is 6.54 Å². The molecule has 2 N–H and O–H groups in total. The van der Waals surface area contributed by atoms with Gasteiger partial charge in [-0.25, -0.2) is 0 Å². The number of thiophene rings is 1. The van der Waals surface area contributed by atoms with Crippen molar-refractivity contribution in [3.63, 3.8) is 0 Å². The van der Waals surface area contributed by atoms with Crippen molar-refractivity contribution in [1.82, 2.24) is 10.6 Å². The molecular weight excluding hydrogens is 236 g/mol. The maximum Gasteiger partial charge on any atom is 0.265 e. The van der Waals surface area contributed by atoms with Gasteiger partial charge in [0.15, 0.2) is 0 Å². The van der Waals surface area contributed by atoms with E-state index in [4.69, 9.17) is 4.74 Å². The third-order valence-corrected chi connectivity index (χ3v) is 3.96. The smallest absolute Gasteiger partial charge is 0.265 e. The van der Waals surface area contributed by atoms with Gasteiger partial charge in [0.25, 0.3) is 5.91 Å². The molecule has 17 heavy (non-hydrogen) atoms. The van der Waals surface area contributed by atoms with Crippen LogP contribution < -0.4 is 15.4 Å². The van der Waals surface area contributed by atoms with Gasteiger partial charge in [0.1, 0.15) is 10.6 Å². The monoisotopic (exact) mass is 254 g/mol. The van der Waals surface area contributed by atoms with E-state index < -0.39 is 0 Å². The molecule has 0 aliphatic carbocycles. The molecule has 0 atom stereocenters. The molecule has 1 amide bonds. The molecule has 0 bridgehead atoms. The van der Waals surface area contributed by atoms with Gasteiger partial charge in [-0.05, 0) is 43.3 Å². The number of ether oxygens (including phenoxy) is 1. The predicted molar refractivity (Wildman–Crippen MR) is 68.8 cm³/mol. The number of hydrogen-bond acceptors (Lipinski definition) is 4. The summed E-state index contributed by atoms with van der Waals surface area (Å²) in [5.74, 6) is 1.25. The lowest BCUT2D eigenvalue weighted by Gasteiger charge is -2.22. The maximum atomic E-state index is 11.9. The van der Waals surface area contributed by atoms with Crippen molar-refractivity contribution in [2.45, 2.75) is 12.8 Å². The summed E-state index contributed by atoms with van der Waals surface area (Å²) >= 11 is 1.42. The van der Waals surface area contributed by atoms with Crippen LogP contribution in [0.4, 0.5) is 0 Å². The van der Waals surface area contributed by atoms with Crippen LogP contribution in [0.25, 0.3) is 0 Å². The van der Waals surface area contributed by atoms with Crippen molar-refractivity contribution in [2.24, 2.45) is 5.92 Å². The van der Waals surface area contributed by atoms with Crippen molar-refractivity contribution >= 4 is 17.2 Å². The van der Waals surface area contributed by atoms with E-state index in [9.17, 15) is 4.79 Å². The lowest BCUT2D eigenvalue weighted by Crippen LogP contribution is -2.35. The average Bonchev–Trinajstić information content (AvgIpc) is 2.85. The first-order valence-corrected chi connectivity index (χ1v) is 6.79. The summed E-state index contributed by atoms with van der Waals surface area (Å²) in [5, 5.41) is 8.18. The lowest BCUT2D eigenvalue weighted by atomic mass is 9.98. The molecule has 0 unspecified atom stereocenters. The van der Waals surface area contributed by atoms with Crippen molar-refractivity contribution in [1.29, 1.82) is 0 Å². The van der Waals surface area contributed by atoms with Gasteiger partial charge < -0.3 is 15.4 Å². The number of rotatable bonds is 4. The molecule has 0 radical (unpaired) electrons. The van der Waals surface area contributed by atoms with Gasteiger partial charge in [-0.2, -0.15) is 0 Å². The Kier molecular flexibility index (Phi) is 4.39. The molecule has 2 rings (SSSR count). The second-order valence-corrected chi connectivity index (χ2v) is 5.14. The van der Waals surface area contributed by atoms with Crippen LogP contribution in [0.3, 0.4) is 0 Å². The van der Waals surface area contributed by atoms with E-state index >= 15 is 0 Å². The summed E-state index contributed by atoms with van der Waals surface area (Å²) in [4.78, 5) is 12.6. The fraction of sp³-hybridized carbons (Fsp3) is 0.583. The number of nitrogens with one attached hydrogen (secondary N) is 2. The highest BCUT2D eigenvalue weighted by atomic mass is 32.1. The van der Waals surface area contributed by atoms with E-state index in [0.29, 0.717) is 16.5 Å². The van der Waals surface area contributed by atoms with E-state index in [1.54, 1.807) is 7.11 Å². The Balaban J connectivity index is 1.84. The molecule has 0 saturated carbocycles. The minimum atomic E-state index is -0.0182. The van der Waals surface area contributed by atoms with E-state index in [1.807, 2.05) is 11.4 Å². The Hall–Kier alpha value is -1.07. The molecule has 1 aliphatic heterocycles. The van der Waals surface area contributed by atoms with E-state index in [1.165, 1.54) is 11.3 Å². The Morgan fingerprint density at radius 2 is 2.35 bits per heavy atom. The number of carbonyl (C=O) groups excluding carboxylic acids is 1. The van der Waals surface area contributed by atoms with Gasteiger partial charge in [0.2, 0.25) is 0 Å². The molecule has 1 fully saturated rings. The normalized spacial score (nSPS) is 16.8. The average molecular weight is 254 g/mol. The first kappa shape index (κ1) is 12.4. The van der Waals surface area contributed by atoms with E-state index in [2.05, 4.69) is 10.6 Å². The highest BCUT2D eigenvalue weighted by molar-refractivity contribution is 7.12. The van der Waals surface area contributed by atoms with Crippen LogP contribution in [0.2, 0.25) is 0 Å². The quantitative estimate of drug-likeness (QED) is 0.856. The molecule has 1 aliphatic rings. The number of amides is 1. The summed E-state index contributed by atoms with van der Waals surface area (Å²) in [5.41, 5.74) is 0. The Morgan fingerprint density at radius 1 is 1.59 bits per heavy atom. The van der Waals surface area contributed by atoms with Crippen LogP contribution in [0.5, 0.6) is 5.75 Å². The van der Waals surface area contributed by atoms with Crippen molar-refractivity contribution < 1.29 is 9.53 Å². The Bertz CT molecular complexity index is 372. The topological polar surface area (TPSA) is 50.4 Å². The van der Waals surface area contributed by atoms with Crippen LogP contribution in [0.1, 0.15) is 22.5 Å². The molecule has 1 aromatic rings. The second kappa shape index (κ2) is 6.02. The predicted octanol–water partition coefficient (Wildman–Crippen LogP) is 1.49. The number of methoxy groups -OCH3 is 1. The zero-order chi connectivity index (χ0) is 12.1. The summed E-state index contributed by atoms with van der Waals surface area (Å²) in [6, 6.07) is 1.82. The first-order valence-electron chi connectivity index (χ1n) is 5.91. The summed E-state index contributed by atoms with van der Waals surface area (Å²) in [6.45, 7) is 2.88. The van der Waals surface area contributed by atoms with Crippen LogP contribution in [-0.4, -0.2) is 32.7 Å². The van der Waals surface area contributed by atoms with E-state index in [-0.39, 0.29) is 5.91 Å². The number of carbonyl (C=O) groups is 1. The summed E-state index contributed by atoms with van der Waals surface area (Å²) in [6.07, 6.45) is 2.28. The zero-order valence-electron chi connectivity index (χ0n) is 9.99. The zero-order valence-corrected chi connectivity index (χ0v) is 10.8. The fourth-order valence-corrected chi connectivity index (χ4v) is 2.80. The number of hydrogen-bond donors (Lipinski definition) is 2. The molecule has 1 saturated heterocycles. The van der Waals surface area contributed by atoms with E-state index in [0.717, 1.165) is 32.5 Å². The van der Waals surface area contributed by atoms with Crippen LogP contribution >= 0.6 is 11.3 Å². The van der Waals surface area contributed by atoms with Crippen molar-refractivity contribution in [3.05, 3.63) is 16.3 Å². The summed E-state index contributed by atoms with van der Waals surface area (Å²) < 4.78 is 5.14. The summed E-state index contributed by atoms with van der Waals surface area (Å²) in [7, 11) is 1.59. The largest absolute Gasteiger partial charge is 0.495 e. The highest BCUT2D eigenvalue weighted by Gasteiger charge is 2.17. The number of piperidine rings is 1. The minimum Gasteiger partial charge on any atom is -0.495 e. The van der Waals surface area contributed by atoms with Crippen molar-refractivity contribution in [2.75, 3.05) is 26.7 Å². The van der Waals surface area contributed by atoms with Gasteiger partial charge >= 0.3 is 0 Å². The molecule has 0 spiro atoms. The van der Waals surface area contributed by atoms with Crippen LogP contribution in [0.15, 0.2) is 11.4 Å². The van der Waals surface area contributed by atoms with Gasteiger partial charge in [-0.3, -0.25) is 4.79 Å². The lowest BCUT2D eigenvalue weighted by molar-refractivity contribution is 0.0945. The van der Waals surface area contributed by atoms with Crippen molar-refractivity contribution in [3.8, 4) is 5.75 Å². The standard InChI is InChI=1S/C12H18N2O2S/c1-16-10-4-7-17-11(10)12(15)14-8-9-2-5-13-6-3-9/h4,7,9,13H,2-3,5-6,8H2,1H3,(H,14,15). The molecule has 1 aromatic heterocycles. The van der Waals surface area contributed by atoms with Gasteiger partial charge in [0.05, 0.1) is 7.11 Å². The maximum absolute atomic E-state index is 11.9. The Labute approximate surface area is 105 Å². The van der Waals surface area contributed by atoms with Gasteiger partial charge in [-0.15, -0.1) is 11.3 Å². The van der Waals surface area contributed by atoms with Gasteiger partial charge in [-0.1, -0.05) is 0 Å². The SMILES string of the molecule is COc1ccsc1C(=O)NCC1CCNCC1. The Morgan fingerprint density at radius 3 is 3.06 bits per heavy atom. The molecular formula is C12H18N2O2S. The van der Waals surface area contributed by atoms with Crippen LogP contribution in [0, 0.1) is 5.92 Å². The fourth-order valence-electron chi connectivity index (χ4n) is 2.03. The third-order valence-electron chi connectivity index (χ3n) is 3.07. The third kappa shape index (κ3) is 3.20. The molecule has 0 aromatic carbocycles. The molecule has 5 heteroatoms. The first-order chi connectivity index (χ1) is 8.31. The highest BCUT2D eigenvalue weighted by Crippen LogP contribution is 2.24. The molecule has 94 valence electrons. The molecule has 2 heterocycles. The minimum absolute atomic E-state index is 0.0182. The second-order valence-electron chi connectivity index (χ2n) is 4.22.